The summed E-state index contributed by atoms with van der Waals surface area (Å²) in [7, 11) is 1.56. The highest BCUT2D eigenvalue weighted by atomic mass is 16.5. The lowest BCUT2D eigenvalue weighted by atomic mass is 10.0. The summed E-state index contributed by atoms with van der Waals surface area (Å²) in [6, 6.07) is 8.45. The summed E-state index contributed by atoms with van der Waals surface area (Å²) in [5, 5.41) is 13.1. The fraction of sp³-hybridized carbons (Fsp3) is 0.625. The molecule has 2 atom stereocenters. The maximum absolute atomic E-state index is 9.53. The summed E-state index contributed by atoms with van der Waals surface area (Å²) >= 11 is 0. The van der Waals surface area contributed by atoms with Crippen LogP contribution in [0.3, 0.4) is 0 Å². The van der Waals surface area contributed by atoms with Gasteiger partial charge >= 0.3 is 0 Å². The Labute approximate surface area is 122 Å². The van der Waals surface area contributed by atoms with Gasteiger partial charge in [-0.05, 0) is 37.1 Å². The Balaban J connectivity index is 2.50. The van der Waals surface area contributed by atoms with Gasteiger partial charge in [-0.25, -0.2) is 0 Å². The van der Waals surface area contributed by atoms with Crippen LogP contribution in [0.5, 0.6) is 5.75 Å². The normalized spacial score (nSPS) is 14.0. The zero-order valence-electron chi connectivity index (χ0n) is 12.8. The van der Waals surface area contributed by atoms with Gasteiger partial charge in [-0.1, -0.05) is 26.0 Å². The van der Waals surface area contributed by atoms with Gasteiger partial charge in [0.2, 0.25) is 0 Å². The summed E-state index contributed by atoms with van der Waals surface area (Å²) in [6.45, 7) is 5.91. The molecular weight excluding hydrogens is 254 g/mol. The van der Waals surface area contributed by atoms with E-state index in [2.05, 4.69) is 31.3 Å². The van der Waals surface area contributed by atoms with Crippen molar-refractivity contribution in [2.45, 2.75) is 38.8 Å². The number of hydrogen-bond acceptors (Lipinski definition) is 4. The molecule has 0 aromatic heterocycles. The van der Waals surface area contributed by atoms with Crippen molar-refractivity contribution in [2.75, 3.05) is 26.9 Å². The molecule has 0 aliphatic rings. The molecule has 0 aliphatic carbocycles. The van der Waals surface area contributed by atoms with Gasteiger partial charge in [0.15, 0.2) is 0 Å². The zero-order chi connectivity index (χ0) is 14.8. The number of rotatable bonds is 10. The molecule has 0 fully saturated rings. The van der Waals surface area contributed by atoms with E-state index in [4.69, 9.17) is 9.47 Å². The van der Waals surface area contributed by atoms with Crippen molar-refractivity contribution in [3.8, 4) is 5.75 Å². The van der Waals surface area contributed by atoms with Crippen molar-refractivity contribution >= 4 is 0 Å². The van der Waals surface area contributed by atoms with Crippen LogP contribution in [-0.2, 0) is 4.74 Å². The van der Waals surface area contributed by atoms with Gasteiger partial charge in [0, 0.05) is 13.2 Å². The first kappa shape index (κ1) is 17.0. The minimum absolute atomic E-state index is 0.248. The van der Waals surface area contributed by atoms with Crippen LogP contribution in [0, 0.1) is 0 Å². The van der Waals surface area contributed by atoms with Crippen molar-refractivity contribution in [3.63, 3.8) is 0 Å². The summed E-state index contributed by atoms with van der Waals surface area (Å²) < 4.78 is 10.4. The first-order valence-electron chi connectivity index (χ1n) is 7.34. The molecule has 1 aromatic carbocycles. The number of ether oxygens (including phenoxy) is 2. The van der Waals surface area contributed by atoms with Crippen LogP contribution >= 0.6 is 0 Å². The van der Waals surface area contributed by atoms with Crippen molar-refractivity contribution in [1.29, 1.82) is 0 Å². The molecule has 1 aromatic rings. The molecule has 0 saturated carbocycles. The van der Waals surface area contributed by atoms with E-state index in [0.29, 0.717) is 6.04 Å². The Morgan fingerprint density at radius 1 is 1.15 bits per heavy atom. The largest absolute Gasteiger partial charge is 0.491 e. The molecule has 4 heteroatoms. The Morgan fingerprint density at radius 2 is 1.85 bits per heavy atom. The van der Waals surface area contributed by atoms with Crippen LogP contribution in [-0.4, -0.2) is 38.1 Å². The van der Waals surface area contributed by atoms with E-state index in [-0.39, 0.29) is 13.2 Å². The van der Waals surface area contributed by atoms with Gasteiger partial charge < -0.3 is 19.9 Å². The zero-order valence-corrected chi connectivity index (χ0v) is 12.8. The van der Waals surface area contributed by atoms with Crippen molar-refractivity contribution < 1.29 is 14.6 Å². The molecule has 1 rings (SSSR count). The van der Waals surface area contributed by atoms with Crippen molar-refractivity contribution in [1.82, 2.24) is 5.32 Å². The third-order valence-corrected chi connectivity index (χ3v) is 3.13. The van der Waals surface area contributed by atoms with Gasteiger partial charge in [0.25, 0.3) is 0 Å². The van der Waals surface area contributed by atoms with Crippen LogP contribution in [0.1, 0.15) is 38.3 Å². The SMILES string of the molecule is CCCNC(CC)c1ccc(OCC(O)COC)cc1. The van der Waals surface area contributed by atoms with Gasteiger partial charge in [-0.15, -0.1) is 0 Å². The Hall–Kier alpha value is -1.10. The average Bonchev–Trinajstić information content (AvgIpc) is 2.47. The summed E-state index contributed by atoms with van der Waals surface area (Å²) in [4.78, 5) is 0. The number of hydrogen-bond donors (Lipinski definition) is 2. The number of methoxy groups -OCH3 is 1. The van der Waals surface area contributed by atoms with Crippen LogP contribution in [0.4, 0.5) is 0 Å². The molecule has 2 unspecified atom stereocenters. The third-order valence-electron chi connectivity index (χ3n) is 3.13. The summed E-state index contributed by atoms with van der Waals surface area (Å²) in [5.74, 6) is 0.772. The van der Waals surface area contributed by atoms with Crippen LogP contribution in [0.2, 0.25) is 0 Å². The highest BCUT2D eigenvalue weighted by Gasteiger charge is 2.09. The van der Waals surface area contributed by atoms with Gasteiger partial charge in [0.05, 0.1) is 6.61 Å². The van der Waals surface area contributed by atoms with Gasteiger partial charge in [0.1, 0.15) is 18.5 Å². The minimum Gasteiger partial charge on any atom is -0.491 e. The Morgan fingerprint density at radius 3 is 2.40 bits per heavy atom. The maximum atomic E-state index is 9.53. The smallest absolute Gasteiger partial charge is 0.119 e. The predicted molar refractivity (Wildman–Crippen MR) is 81.1 cm³/mol. The molecule has 4 nitrogen and oxygen atoms in total. The van der Waals surface area contributed by atoms with E-state index in [9.17, 15) is 5.11 Å². The quantitative estimate of drug-likeness (QED) is 0.692. The second kappa shape index (κ2) is 9.75. The molecular formula is C16H27NO3. The number of aliphatic hydroxyl groups excluding tert-OH is 1. The average molecular weight is 281 g/mol. The van der Waals surface area contributed by atoms with E-state index in [1.807, 2.05) is 12.1 Å². The molecule has 20 heavy (non-hydrogen) atoms. The highest BCUT2D eigenvalue weighted by Crippen LogP contribution is 2.20. The minimum atomic E-state index is -0.589. The Bertz CT molecular complexity index is 353. The number of aliphatic hydroxyl groups is 1. The first-order chi connectivity index (χ1) is 9.71. The van der Waals surface area contributed by atoms with Crippen LogP contribution in [0.25, 0.3) is 0 Å². The third kappa shape index (κ3) is 5.90. The molecule has 0 bridgehead atoms. The monoisotopic (exact) mass is 281 g/mol. The molecule has 0 radical (unpaired) electrons. The first-order valence-corrected chi connectivity index (χ1v) is 7.34. The van der Waals surface area contributed by atoms with Crippen LogP contribution < -0.4 is 10.1 Å². The fourth-order valence-electron chi connectivity index (χ4n) is 2.05. The van der Waals surface area contributed by atoms with Crippen molar-refractivity contribution in [2.24, 2.45) is 0 Å². The van der Waals surface area contributed by atoms with E-state index >= 15 is 0 Å². The van der Waals surface area contributed by atoms with E-state index in [1.54, 1.807) is 7.11 Å². The lowest BCUT2D eigenvalue weighted by molar-refractivity contribution is 0.0325. The lowest BCUT2D eigenvalue weighted by Crippen LogP contribution is -2.23. The van der Waals surface area contributed by atoms with E-state index < -0.39 is 6.10 Å². The second-order valence-electron chi connectivity index (χ2n) is 4.90. The standard InChI is InChI=1S/C16H27NO3/c1-4-10-17-16(5-2)13-6-8-15(9-7-13)20-12-14(18)11-19-3/h6-9,14,16-18H,4-5,10-12H2,1-3H3. The summed E-state index contributed by atoms with van der Waals surface area (Å²) in [5.41, 5.74) is 1.27. The molecule has 0 spiro atoms. The maximum Gasteiger partial charge on any atom is 0.119 e. The highest BCUT2D eigenvalue weighted by molar-refractivity contribution is 5.29. The van der Waals surface area contributed by atoms with Gasteiger partial charge in [-0.3, -0.25) is 0 Å². The molecule has 0 saturated heterocycles. The predicted octanol–water partition coefficient (Wildman–Crippen LogP) is 2.52. The molecule has 0 amide bonds. The summed E-state index contributed by atoms with van der Waals surface area (Å²) in [6.07, 6.45) is 1.61. The lowest BCUT2D eigenvalue weighted by Gasteiger charge is -2.17. The molecule has 114 valence electrons. The molecule has 0 aliphatic heterocycles. The Kier molecular flexibility index (Phi) is 8.26. The molecule has 0 heterocycles. The second-order valence-corrected chi connectivity index (χ2v) is 4.90. The van der Waals surface area contributed by atoms with Crippen LogP contribution in [0.15, 0.2) is 24.3 Å². The van der Waals surface area contributed by atoms with Crippen molar-refractivity contribution in [3.05, 3.63) is 29.8 Å². The fourth-order valence-corrected chi connectivity index (χ4v) is 2.05. The molecule has 2 N–H and O–H groups in total. The van der Waals surface area contributed by atoms with E-state index in [0.717, 1.165) is 25.1 Å². The topological polar surface area (TPSA) is 50.7 Å². The van der Waals surface area contributed by atoms with E-state index in [1.165, 1.54) is 5.56 Å². The number of benzene rings is 1. The van der Waals surface area contributed by atoms with Gasteiger partial charge in [-0.2, -0.15) is 0 Å². The number of nitrogens with one attached hydrogen (secondary N) is 1.